The van der Waals surface area contributed by atoms with Gasteiger partial charge >= 0.3 is 0 Å². The lowest BCUT2D eigenvalue weighted by molar-refractivity contribution is -0.140. The van der Waals surface area contributed by atoms with Gasteiger partial charge in [-0.25, -0.2) is 8.42 Å². The summed E-state index contributed by atoms with van der Waals surface area (Å²) in [4.78, 5) is 30.0. The number of carbonyl (C=O) groups is 2. The summed E-state index contributed by atoms with van der Waals surface area (Å²) in [5.74, 6) is -0.575. The summed E-state index contributed by atoms with van der Waals surface area (Å²) in [6.07, 6.45) is 0.268. The predicted molar refractivity (Wildman–Crippen MR) is 183 cm³/mol. The van der Waals surface area contributed by atoms with Gasteiger partial charge in [0, 0.05) is 24.0 Å². The summed E-state index contributed by atoms with van der Waals surface area (Å²) in [5, 5.41) is 3.02. The summed E-state index contributed by atoms with van der Waals surface area (Å²) in [7, 11) is -4.16. The Kier molecular flexibility index (Phi) is 11.6. The van der Waals surface area contributed by atoms with E-state index < -0.39 is 28.5 Å². The van der Waals surface area contributed by atoms with Crippen molar-refractivity contribution in [3.63, 3.8) is 0 Å². The van der Waals surface area contributed by atoms with Crippen LogP contribution < -0.4 is 9.62 Å². The minimum atomic E-state index is -4.16. The Morgan fingerprint density at radius 1 is 0.800 bits per heavy atom. The first-order valence-electron chi connectivity index (χ1n) is 15.0. The number of aryl methyl sites for hydroxylation is 2. The molecule has 0 aromatic heterocycles. The number of hydrogen-bond donors (Lipinski definition) is 1. The van der Waals surface area contributed by atoms with Gasteiger partial charge in [-0.1, -0.05) is 114 Å². The Labute approximate surface area is 275 Å². The molecule has 4 aromatic rings. The topological polar surface area (TPSA) is 86.8 Å². The minimum absolute atomic E-state index is 0.0708. The SMILES string of the molecule is Cc1ccc(CN(C(=O)CN(c2cccc(Br)c2)S(=O)(=O)c2ccc(C)cc2)[C@@H](Cc2ccccc2)C(=O)NCC(C)C)cc1. The van der Waals surface area contributed by atoms with Crippen molar-refractivity contribution in [3.05, 3.63) is 130 Å². The van der Waals surface area contributed by atoms with Gasteiger partial charge in [-0.05, 0) is 61.2 Å². The Morgan fingerprint density at radius 2 is 1.42 bits per heavy atom. The van der Waals surface area contributed by atoms with Crippen molar-refractivity contribution >= 4 is 43.5 Å². The van der Waals surface area contributed by atoms with Gasteiger partial charge in [0.1, 0.15) is 12.6 Å². The molecular formula is C36H40BrN3O4S. The average molecular weight is 691 g/mol. The Bertz CT molecular complexity index is 1690. The van der Waals surface area contributed by atoms with E-state index >= 15 is 0 Å². The van der Waals surface area contributed by atoms with E-state index in [9.17, 15) is 18.0 Å². The molecule has 0 radical (unpaired) electrons. The van der Waals surface area contributed by atoms with Crippen molar-refractivity contribution in [2.45, 2.75) is 51.6 Å². The molecule has 1 N–H and O–H groups in total. The highest BCUT2D eigenvalue weighted by Gasteiger charge is 2.34. The number of anilines is 1. The first-order valence-corrected chi connectivity index (χ1v) is 17.2. The van der Waals surface area contributed by atoms with Crippen molar-refractivity contribution < 1.29 is 18.0 Å². The monoisotopic (exact) mass is 689 g/mol. The van der Waals surface area contributed by atoms with Crippen molar-refractivity contribution in [1.82, 2.24) is 10.2 Å². The fourth-order valence-corrected chi connectivity index (χ4v) is 6.66. The number of nitrogens with zero attached hydrogens (tertiary/aromatic N) is 2. The normalized spacial score (nSPS) is 12.0. The second-order valence-electron chi connectivity index (χ2n) is 11.7. The van der Waals surface area contributed by atoms with E-state index in [-0.39, 0.29) is 29.7 Å². The van der Waals surface area contributed by atoms with Crippen LogP contribution in [0, 0.1) is 19.8 Å². The maximum Gasteiger partial charge on any atom is 0.264 e. The number of hydrogen-bond acceptors (Lipinski definition) is 4. The molecule has 4 aromatic carbocycles. The van der Waals surface area contributed by atoms with Crippen molar-refractivity contribution in [2.24, 2.45) is 5.92 Å². The molecule has 236 valence electrons. The van der Waals surface area contributed by atoms with Gasteiger partial charge in [-0.2, -0.15) is 0 Å². The molecule has 0 spiro atoms. The zero-order valence-electron chi connectivity index (χ0n) is 26.1. The summed E-state index contributed by atoms with van der Waals surface area (Å²) in [5.41, 5.74) is 4.04. The third kappa shape index (κ3) is 9.28. The standard InChI is InChI=1S/C36H40BrN3O4S/c1-26(2)23-38-36(42)34(21-29-9-6-5-7-10-29)39(24-30-17-13-27(3)14-18-30)35(41)25-40(32-12-8-11-31(37)22-32)45(43,44)33-19-15-28(4)16-20-33/h5-20,22,26,34H,21,23-25H2,1-4H3,(H,38,42)/t34-/m0/s1. The van der Waals surface area contributed by atoms with Crippen molar-refractivity contribution in [2.75, 3.05) is 17.4 Å². The number of benzene rings is 4. The van der Waals surface area contributed by atoms with Crippen LogP contribution in [0.4, 0.5) is 5.69 Å². The largest absolute Gasteiger partial charge is 0.354 e. The van der Waals surface area contributed by atoms with Gasteiger partial charge in [0.2, 0.25) is 11.8 Å². The lowest BCUT2D eigenvalue weighted by Gasteiger charge is -2.34. The van der Waals surface area contributed by atoms with E-state index in [0.717, 1.165) is 26.6 Å². The molecule has 1 atom stereocenters. The van der Waals surface area contributed by atoms with Gasteiger partial charge in [0.05, 0.1) is 10.6 Å². The zero-order chi connectivity index (χ0) is 32.6. The van der Waals surface area contributed by atoms with Gasteiger partial charge in [0.15, 0.2) is 0 Å². The lowest BCUT2D eigenvalue weighted by Crippen LogP contribution is -2.53. The lowest BCUT2D eigenvalue weighted by atomic mass is 10.0. The molecule has 0 saturated carbocycles. The number of amides is 2. The first-order chi connectivity index (χ1) is 21.4. The second kappa shape index (κ2) is 15.4. The fraction of sp³-hybridized carbons (Fsp3) is 0.278. The zero-order valence-corrected chi connectivity index (χ0v) is 28.5. The van der Waals surface area contributed by atoms with Crippen LogP contribution in [0.15, 0.2) is 112 Å². The van der Waals surface area contributed by atoms with Crippen molar-refractivity contribution in [3.8, 4) is 0 Å². The third-order valence-corrected chi connectivity index (χ3v) is 9.69. The highest BCUT2D eigenvalue weighted by Crippen LogP contribution is 2.27. The molecule has 0 fully saturated rings. The molecule has 0 aliphatic heterocycles. The Morgan fingerprint density at radius 3 is 2.02 bits per heavy atom. The summed E-state index contributed by atoms with van der Waals surface area (Å²) >= 11 is 3.45. The smallest absolute Gasteiger partial charge is 0.264 e. The number of rotatable bonds is 13. The molecule has 4 rings (SSSR count). The van der Waals surface area contributed by atoms with Crippen LogP contribution in [0.3, 0.4) is 0 Å². The van der Waals surface area contributed by atoms with E-state index in [4.69, 9.17) is 0 Å². The molecule has 0 bridgehead atoms. The molecular weight excluding hydrogens is 650 g/mol. The first kappa shape index (κ1) is 33.9. The molecule has 9 heteroatoms. The van der Waals surface area contributed by atoms with E-state index in [0.29, 0.717) is 16.7 Å². The molecule has 0 aliphatic carbocycles. The maximum atomic E-state index is 14.5. The highest BCUT2D eigenvalue weighted by molar-refractivity contribution is 9.10. The van der Waals surface area contributed by atoms with Crippen molar-refractivity contribution in [1.29, 1.82) is 0 Å². The highest BCUT2D eigenvalue weighted by atomic mass is 79.9. The summed E-state index contributed by atoms with van der Waals surface area (Å²) in [6.45, 7) is 7.95. The number of carbonyl (C=O) groups excluding carboxylic acids is 2. The van der Waals surface area contributed by atoms with Crippen LogP contribution in [0.2, 0.25) is 0 Å². The van der Waals surface area contributed by atoms with Gasteiger partial charge < -0.3 is 10.2 Å². The van der Waals surface area contributed by atoms with E-state index in [2.05, 4.69) is 21.2 Å². The number of halogens is 1. The van der Waals surface area contributed by atoms with Gasteiger partial charge in [-0.3, -0.25) is 13.9 Å². The summed E-state index contributed by atoms with van der Waals surface area (Å²) in [6, 6.07) is 29.8. The Balaban J connectivity index is 1.79. The van der Waals surface area contributed by atoms with Gasteiger partial charge in [-0.15, -0.1) is 0 Å². The van der Waals surface area contributed by atoms with Crippen LogP contribution in [-0.2, 0) is 32.6 Å². The Hall–Kier alpha value is -3.95. The second-order valence-corrected chi connectivity index (χ2v) is 14.4. The molecule has 2 amide bonds. The van der Waals surface area contributed by atoms with Crippen LogP contribution in [-0.4, -0.2) is 44.3 Å². The molecule has 0 aliphatic rings. The molecule has 0 saturated heterocycles. The van der Waals surface area contributed by atoms with Crippen LogP contribution in [0.25, 0.3) is 0 Å². The van der Waals surface area contributed by atoms with Crippen LogP contribution >= 0.6 is 15.9 Å². The molecule has 7 nitrogen and oxygen atoms in total. The number of sulfonamides is 1. The van der Waals surface area contributed by atoms with E-state index in [1.807, 2.05) is 82.3 Å². The third-order valence-electron chi connectivity index (χ3n) is 7.41. The van der Waals surface area contributed by atoms with Crippen LogP contribution in [0.5, 0.6) is 0 Å². The summed E-state index contributed by atoms with van der Waals surface area (Å²) < 4.78 is 30.1. The predicted octanol–water partition coefficient (Wildman–Crippen LogP) is 6.67. The minimum Gasteiger partial charge on any atom is -0.354 e. The molecule has 45 heavy (non-hydrogen) atoms. The quantitative estimate of drug-likeness (QED) is 0.170. The fourth-order valence-electron chi connectivity index (χ4n) is 4.86. The molecule has 0 heterocycles. The number of nitrogens with one attached hydrogen (secondary N) is 1. The average Bonchev–Trinajstić information content (AvgIpc) is 3.01. The van der Waals surface area contributed by atoms with Crippen LogP contribution in [0.1, 0.15) is 36.1 Å². The van der Waals surface area contributed by atoms with Gasteiger partial charge in [0.25, 0.3) is 10.0 Å². The molecule has 0 unspecified atom stereocenters. The maximum absolute atomic E-state index is 14.5. The van der Waals surface area contributed by atoms with E-state index in [1.54, 1.807) is 48.5 Å². The van der Waals surface area contributed by atoms with E-state index in [1.165, 1.54) is 4.90 Å².